The van der Waals surface area contributed by atoms with Crippen LogP contribution in [-0.4, -0.2) is 29.3 Å². The largest absolute Gasteiger partial charge is 0.435 e. The first-order valence-electron chi connectivity index (χ1n) is 9.69. The van der Waals surface area contributed by atoms with Crippen molar-refractivity contribution in [2.45, 2.75) is 43.1 Å². The van der Waals surface area contributed by atoms with E-state index < -0.39 is 28.5 Å². The van der Waals surface area contributed by atoms with Gasteiger partial charge in [-0.05, 0) is 57.6 Å². The molecule has 2 N–H and O–H groups in total. The molecule has 1 aliphatic rings. The van der Waals surface area contributed by atoms with Gasteiger partial charge in [0, 0.05) is 22.3 Å². The van der Waals surface area contributed by atoms with Crippen molar-refractivity contribution in [3.8, 4) is 0 Å². The molecule has 0 aliphatic heterocycles. The summed E-state index contributed by atoms with van der Waals surface area (Å²) in [5.41, 5.74) is 1.29. The fourth-order valence-electron chi connectivity index (χ4n) is 3.88. The molecule has 3 aromatic rings. The van der Waals surface area contributed by atoms with E-state index in [0.29, 0.717) is 17.3 Å². The van der Waals surface area contributed by atoms with E-state index in [0.717, 1.165) is 21.4 Å². The van der Waals surface area contributed by atoms with Crippen molar-refractivity contribution in [3.05, 3.63) is 81.1 Å². The number of aromatic nitrogens is 2. The van der Waals surface area contributed by atoms with E-state index in [1.54, 1.807) is 24.3 Å². The van der Waals surface area contributed by atoms with Gasteiger partial charge < -0.3 is 5.11 Å². The number of aliphatic hydroxyl groups excluding tert-OH is 1. The summed E-state index contributed by atoms with van der Waals surface area (Å²) in [5, 5.41) is 12.8. The Morgan fingerprint density at radius 2 is 1.88 bits per heavy atom. The SMILES string of the molecule is O=S(=O)(N[C@@H]1Cc2ccc(Cn3cc(CO)c(C(F)(F)F)n3)cc2C1)c1ccccc1Br. The maximum absolute atomic E-state index is 13.0. The Morgan fingerprint density at radius 3 is 2.53 bits per heavy atom. The Bertz CT molecular complexity index is 1260. The summed E-state index contributed by atoms with van der Waals surface area (Å²) in [4.78, 5) is 0.162. The van der Waals surface area contributed by atoms with Gasteiger partial charge in [0.15, 0.2) is 5.69 Å². The molecule has 32 heavy (non-hydrogen) atoms. The average Bonchev–Trinajstić information content (AvgIpc) is 3.30. The van der Waals surface area contributed by atoms with Gasteiger partial charge in [0.1, 0.15) is 0 Å². The summed E-state index contributed by atoms with van der Waals surface area (Å²) in [6, 6.07) is 11.7. The highest BCUT2D eigenvalue weighted by Crippen LogP contribution is 2.31. The third-order valence-electron chi connectivity index (χ3n) is 5.27. The molecule has 6 nitrogen and oxygen atoms in total. The minimum Gasteiger partial charge on any atom is -0.392 e. The summed E-state index contributed by atoms with van der Waals surface area (Å²) in [5.74, 6) is 0. The quantitative estimate of drug-likeness (QED) is 0.510. The smallest absolute Gasteiger partial charge is 0.392 e. The highest BCUT2D eigenvalue weighted by molar-refractivity contribution is 9.10. The van der Waals surface area contributed by atoms with Crippen LogP contribution in [0.1, 0.15) is 27.9 Å². The highest BCUT2D eigenvalue weighted by atomic mass is 79.9. The number of nitrogens with one attached hydrogen (secondary N) is 1. The van der Waals surface area contributed by atoms with E-state index in [-0.39, 0.29) is 23.0 Å². The minimum atomic E-state index is -4.64. The number of hydrogen-bond donors (Lipinski definition) is 2. The molecule has 0 fully saturated rings. The summed E-state index contributed by atoms with van der Waals surface area (Å²) in [6.45, 7) is -0.651. The van der Waals surface area contributed by atoms with Gasteiger partial charge in [-0.15, -0.1) is 0 Å². The van der Waals surface area contributed by atoms with Crippen LogP contribution in [-0.2, 0) is 42.2 Å². The zero-order valence-corrected chi connectivity index (χ0v) is 19.0. The Hall–Kier alpha value is -2.21. The fraction of sp³-hybridized carbons (Fsp3) is 0.286. The molecule has 0 saturated heterocycles. The first-order valence-corrected chi connectivity index (χ1v) is 12.0. The van der Waals surface area contributed by atoms with Crippen molar-refractivity contribution in [1.29, 1.82) is 0 Å². The van der Waals surface area contributed by atoms with Gasteiger partial charge in [-0.25, -0.2) is 13.1 Å². The normalized spacial score (nSPS) is 16.3. The number of rotatable bonds is 6. The number of hydrogen-bond acceptors (Lipinski definition) is 4. The predicted octanol–water partition coefficient (Wildman–Crippen LogP) is 3.65. The van der Waals surface area contributed by atoms with E-state index in [9.17, 15) is 26.7 Å². The predicted molar refractivity (Wildman–Crippen MR) is 114 cm³/mol. The third-order valence-corrected chi connectivity index (χ3v) is 7.80. The number of halogens is 4. The van der Waals surface area contributed by atoms with Crippen molar-refractivity contribution in [1.82, 2.24) is 14.5 Å². The molecule has 0 radical (unpaired) electrons. The molecule has 0 bridgehead atoms. The van der Waals surface area contributed by atoms with Gasteiger partial charge >= 0.3 is 6.18 Å². The zero-order chi connectivity index (χ0) is 23.1. The van der Waals surface area contributed by atoms with Gasteiger partial charge in [-0.3, -0.25) is 4.68 Å². The Labute approximate surface area is 191 Å². The van der Waals surface area contributed by atoms with Crippen molar-refractivity contribution in [2.24, 2.45) is 0 Å². The molecule has 4 rings (SSSR count). The number of alkyl halides is 3. The summed E-state index contributed by atoms with van der Waals surface area (Å²) >= 11 is 3.26. The van der Waals surface area contributed by atoms with Gasteiger partial charge in [0.25, 0.3) is 0 Å². The molecule has 2 aromatic carbocycles. The van der Waals surface area contributed by atoms with Crippen LogP contribution in [0.4, 0.5) is 13.2 Å². The van der Waals surface area contributed by atoms with Crippen LogP contribution in [0.5, 0.6) is 0 Å². The molecule has 1 heterocycles. The summed E-state index contributed by atoms with van der Waals surface area (Å²) in [7, 11) is -3.71. The molecular formula is C21H19BrF3N3O3S. The second-order valence-electron chi connectivity index (χ2n) is 7.62. The molecular weight excluding hydrogens is 511 g/mol. The molecule has 0 saturated carbocycles. The van der Waals surface area contributed by atoms with Crippen LogP contribution in [0.25, 0.3) is 0 Å². The number of fused-ring (bicyclic) bond motifs is 1. The van der Waals surface area contributed by atoms with E-state index in [1.807, 2.05) is 12.1 Å². The third kappa shape index (κ3) is 4.75. The number of sulfonamides is 1. The van der Waals surface area contributed by atoms with Gasteiger partial charge in [-0.1, -0.05) is 30.3 Å². The van der Waals surface area contributed by atoms with Gasteiger partial charge in [-0.2, -0.15) is 18.3 Å². The van der Waals surface area contributed by atoms with E-state index in [2.05, 4.69) is 25.8 Å². The maximum Gasteiger partial charge on any atom is 0.435 e. The lowest BCUT2D eigenvalue weighted by Gasteiger charge is -2.13. The van der Waals surface area contributed by atoms with E-state index in [1.165, 1.54) is 12.3 Å². The minimum absolute atomic E-state index is 0.101. The number of benzene rings is 2. The molecule has 0 amide bonds. The highest BCUT2D eigenvalue weighted by Gasteiger charge is 2.37. The lowest BCUT2D eigenvalue weighted by molar-refractivity contribution is -0.142. The van der Waals surface area contributed by atoms with Gasteiger partial charge in [0.05, 0.1) is 18.0 Å². The van der Waals surface area contributed by atoms with Crippen LogP contribution in [0, 0.1) is 0 Å². The van der Waals surface area contributed by atoms with Gasteiger partial charge in [0.2, 0.25) is 10.0 Å². The van der Waals surface area contributed by atoms with Crippen LogP contribution in [0.3, 0.4) is 0 Å². The zero-order valence-electron chi connectivity index (χ0n) is 16.6. The first-order chi connectivity index (χ1) is 15.1. The lowest BCUT2D eigenvalue weighted by Crippen LogP contribution is -2.35. The molecule has 1 aromatic heterocycles. The Morgan fingerprint density at radius 1 is 1.16 bits per heavy atom. The molecule has 1 atom stereocenters. The first kappa shape index (κ1) is 23.0. The molecule has 0 unspecified atom stereocenters. The van der Waals surface area contributed by atoms with Crippen LogP contribution in [0.2, 0.25) is 0 Å². The number of aliphatic hydroxyl groups is 1. The summed E-state index contributed by atoms with van der Waals surface area (Å²) < 4.78 is 69.0. The average molecular weight is 530 g/mol. The second-order valence-corrected chi connectivity index (χ2v) is 10.2. The molecule has 11 heteroatoms. The van der Waals surface area contributed by atoms with Crippen molar-refractivity contribution in [3.63, 3.8) is 0 Å². The second kappa shape index (κ2) is 8.62. The monoisotopic (exact) mass is 529 g/mol. The van der Waals surface area contributed by atoms with E-state index >= 15 is 0 Å². The Kier molecular flexibility index (Phi) is 6.19. The topological polar surface area (TPSA) is 84.2 Å². The van der Waals surface area contributed by atoms with E-state index in [4.69, 9.17) is 0 Å². The molecule has 0 spiro atoms. The molecule has 170 valence electrons. The Balaban J connectivity index is 1.49. The number of nitrogens with zero attached hydrogens (tertiary/aromatic N) is 2. The van der Waals surface area contributed by atoms with Crippen LogP contribution in [0.15, 0.2) is 58.0 Å². The molecule has 1 aliphatic carbocycles. The van der Waals surface area contributed by atoms with Crippen molar-refractivity contribution >= 4 is 26.0 Å². The van der Waals surface area contributed by atoms with Crippen LogP contribution < -0.4 is 4.72 Å². The lowest BCUT2D eigenvalue weighted by atomic mass is 10.1. The van der Waals surface area contributed by atoms with Crippen LogP contribution >= 0.6 is 15.9 Å². The maximum atomic E-state index is 13.0. The standard InChI is InChI=1S/C21H19BrF3N3O3S/c22-18-3-1-2-4-19(18)32(30,31)27-17-8-14-6-5-13(7-15(14)9-17)10-28-11-16(12-29)20(26-28)21(23,24)25/h1-7,11,17,27,29H,8-10,12H2/t17-/m1/s1. The van der Waals surface area contributed by atoms with Crippen molar-refractivity contribution in [2.75, 3.05) is 0 Å². The fourth-order valence-corrected chi connectivity index (χ4v) is 6.12. The van der Waals surface area contributed by atoms with Crippen molar-refractivity contribution < 1.29 is 26.7 Å². The summed E-state index contributed by atoms with van der Waals surface area (Å²) in [6.07, 6.45) is -2.46.